The third-order valence-corrected chi connectivity index (χ3v) is 4.16. The van der Waals surface area contributed by atoms with Crippen LogP contribution < -0.4 is 24.8 Å². The number of aliphatic imine (C=N–C) groups is 1. The predicted octanol–water partition coefficient (Wildman–Crippen LogP) is 4.63. The molecule has 0 unspecified atom stereocenters. The Labute approximate surface area is 195 Å². The number of rotatable bonds is 9. The number of nitrogens with one attached hydrogen (secondary N) is 2. The minimum Gasteiger partial charge on any atom is -0.493 e. The summed E-state index contributed by atoms with van der Waals surface area (Å²) in [5.41, 5.74) is 2.04. The normalized spacial score (nSPS) is 10.7. The molecule has 0 atom stereocenters. The van der Waals surface area contributed by atoms with Crippen LogP contribution in [0.1, 0.15) is 25.0 Å². The third-order valence-electron chi connectivity index (χ3n) is 3.92. The van der Waals surface area contributed by atoms with Crippen molar-refractivity contribution in [2.24, 2.45) is 4.99 Å². The molecular weight excluding hydrogens is 505 g/mol. The van der Waals surface area contributed by atoms with E-state index in [-0.39, 0.29) is 24.0 Å². The maximum Gasteiger partial charge on any atom is 0.203 e. The quantitative estimate of drug-likeness (QED) is 0.280. The van der Waals surface area contributed by atoms with E-state index in [1.165, 1.54) is 0 Å². The van der Waals surface area contributed by atoms with Gasteiger partial charge in [0.25, 0.3) is 0 Å². The molecule has 2 N–H and O–H groups in total. The molecule has 0 saturated heterocycles. The van der Waals surface area contributed by atoms with Crippen LogP contribution in [0, 0.1) is 0 Å². The molecule has 0 fully saturated rings. The number of halogens is 2. The van der Waals surface area contributed by atoms with E-state index in [0.29, 0.717) is 42.9 Å². The first kappa shape index (κ1) is 25.2. The summed E-state index contributed by atoms with van der Waals surface area (Å²) in [6.45, 7) is 6.33. The number of nitrogens with zero attached hydrogens (tertiary/aromatic N) is 1. The Kier molecular flexibility index (Phi) is 11.6. The fraction of sp³-hybridized carbons (Fsp3) is 0.381. The molecule has 0 aliphatic heterocycles. The van der Waals surface area contributed by atoms with Crippen molar-refractivity contribution in [2.75, 3.05) is 27.4 Å². The third kappa shape index (κ3) is 7.81. The van der Waals surface area contributed by atoms with E-state index in [1.54, 1.807) is 14.2 Å². The van der Waals surface area contributed by atoms with Crippen molar-refractivity contribution in [3.63, 3.8) is 0 Å². The molecule has 0 bridgehead atoms. The zero-order valence-electron chi connectivity index (χ0n) is 17.3. The molecule has 0 saturated carbocycles. The summed E-state index contributed by atoms with van der Waals surface area (Å²) in [6, 6.07) is 11.6. The summed E-state index contributed by atoms with van der Waals surface area (Å²) >= 11 is 6.05. The van der Waals surface area contributed by atoms with E-state index < -0.39 is 0 Å². The highest BCUT2D eigenvalue weighted by molar-refractivity contribution is 14.0. The molecule has 0 radical (unpaired) electrons. The fourth-order valence-electron chi connectivity index (χ4n) is 2.66. The molecule has 0 spiro atoms. The Morgan fingerprint density at radius 2 is 1.69 bits per heavy atom. The number of hydrogen-bond acceptors (Lipinski definition) is 4. The molecule has 0 aliphatic carbocycles. The van der Waals surface area contributed by atoms with Crippen LogP contribution in [-0.2, 0) is 13.1 Å². The lowest BCUT2D eigenvalue weighted by Crippen LogP contribution is -2.36. The molecule has 0 amide bonds. The molecule has 160 valence electrons. The first-order valence-corrected chi connectivity index (χ1v) is 9.63. The molecule has 6 nitrogen and oxygen atoms in total. The van der Waals surface area contributed by atoms with Gasteiger partial charge in [-0.1, -0.05) is 23.7 Å². The van der Waals surface area contributed by atoms with Gasteiger partial charge in [-0.2, -0.15) is 0 Å². The van der Waals surface area contributed by atoms with Crippen molar-refractivity contribution < 1.29 is 14.2 Å². The maximum absolute atomic E-state index is 6.05. The van der Waals surface area contributed by atoms with Crippen LogP contribution in [0.3, 0.4) is 0 Å². The van der Waals surface area contributed by atoms with Crippen molar-refractivity contribution in [3.8, 4) is 17.2 Å². The Balaban J connectivity index is 0.00000420. The first-order valence-electron chi connectivity index (χ1n) is 9.25. The Morgan fingerprint density at radius 3 is 2.24 bits per heavy atom. The van der Waals surface area contributed by atoms with Gasteiger partial charge in [-0.15, -0.1) is 24.0 Å². The van der Waals surface area contributed by atoms with Crippen molar-refractivity contribution in [2.45, 2.75) is 26.9 Å². The van der Waals surface area contributed by atoms with Crippen LogP contribution in [0.4, 0.5) is 0 Å². The zero-order valence-corrected chi connectivity index (χ0v) is 20.3. The van der Waals surface area contributed by atoms with E-state index in [2.05, 4.69) is 15.6 Å². The summed E-state index contributed by atoms with van der Waals surface area (Å²) in [6.07, 6.45) is 0. The number of hydrogen-bond donors (Lipinski definition) is 2. The van der Waals surface area contributed by atoms with Gasteiger partial charge in [0.15, 0.2) is 17.5 Å². The number of benzene rings is 2. The van der Waals surface area contributed by atoms with Crippen LogP contribution in [0.15, 0.2) is 41.4 Å². The predicted molar refractivity (Wildman–Crippen MR) is 129 cm³/mol. The lowest BCUT2D eigenvalue weighted by atomic mass is 10.2. The van der Waals surface area contributed by atoms with Gasteiger partial charge < -0.3 is 24.8 Å². The topological polar surface area (TPSA) is 64.1 Å². The van der Waals surface area contributed by atoms with Crippen LogP contribution in [0.25, 0.3) is 0 Å². The second-order valence-corrected chi connectivity index (χ2v) is 6.38. The van der Waals surface area contributed by atoms with Crippen molar-refractivity contribution >= 4 is 41.5 Å². The van der Waals surface area contributed by atoms with Gasteiger partial charge in [-0.25, -0.2) is 4.99 Å². The zero-order chi connectivity index (χ0) is 20.4. The van der Waals surface area contributed by atoms with Crippen molar-refractivity contribution in [1.82, 2.24) is 10.6 Å². The minimum absolute atomic E-state index is 0. The standard InChI is InChI=1S/C21H28ClN3O3.HI/c1-5-23-21(24-13-15-8-7-9-17(22)10-15)25-14-16-11-18(26-3)20(28-6-2)19(12-16)27-4;/h7-12H,5-6,13-14H2,1-4H3,(H2,23,24,25);1H. The van der Waals surface area contributed by atoms with E-state index in [1.807, 2.05) is 50.2 Å². The molecule has 2 aromatic rings. The summed E-state index contributed by atoms with van der Waals surface area (Å²) in [7, 11) is 3.22. The van der Waals surface area contributed by atoms with Crippen LogP contribution in [-0.4, -0.2) is 33.3 Å². The summed E-state index contributed by atoms with van der Waals surface area (Å²) in [5.74, 6) is 2.58. The Hall–Kier alpha value is -1.87. The molecule has 8 heteroatoms. The minimum atomic E-state index is 0. The summed E-state index contributed by atoms with van der Waals surface area (Å²) in [5, 5.41) is 7.28. The van der Waals surface area contributed by atoms with Crippen molar-refractivity contribution in [1.29, 1.82) is 0 Å². The van der Waals surface area contributed by atoms with Gasteiger partial charge in [0.2, 0.25) is 5.75 Å². The highest BCUT2D eigenvalue weighted by Crippen LogP contribution is 2.38. The first-order chi connectivity index (χ1) is 13.6. The van der Waals surface area contributed by atoms with Gasteiger partial charge >= 0.3 is 0 Å². The van der Waals surface area contributed by atoms with E-state index in [9.17, 15) is 0 Å². The number of methoxy groups -OCH3 is 2. The summed E-state index contributed by atoms with van der Waals surface area (Å²) < 4.78 is 16.6. The molecule has 0 aromatic heterocycles. The molecular formula is C21H29ClIN3O3. The SMILES string of the molecule is CCNC(=NCc1cc(OC)c(OCC)c(OC)c1)NCc1cccc(Cl)c1.I. The van der Waals surface area contributed by atoms with Gasteiger partial charge in [0.05, 0.1) is 27.4 Å². The smallest absolute Gasteiger partial charge is 0.203 e. The van der Waals surface area contributed by atoms with Gasteiger partial charge in [-0.05, 0) is 49.2 Å². The van der Waals surface area contributed by atoms with Crippen LogP contribution >= 0.6 is 35.6 Å². The monoisotopic (exact) mass is 533 g/mol. The highest BCUT2D eigenvalue weighted by atomic mass is 127. The van der Waals surface area contributed by atoms with E-state index in [0.717, 1.165) is 22.7 Å². The summed E-state index contributed by atoms with van der Waals surface area (Å²) in [4.78, 5) is 4.66. The number of ether oxygens (including phenoxy) is 3. The van der Waals surface area contributed by atoms with E-state index >= 15 is 0 Å². The average Bonchev–Trinajstić information content (AvgIpc) is 2.70. The van der Waals surface area contributed by atoms with E-state index in [4.69, 9.17) is 25.8 Å². The Morgan fingerprint density at radius 1 is 1.00 bits per heavy atom. The number of guanidine groups is 1. The van der Waals surface area contributed by atoms with Gasteiger partial charge in [0, 0.05) is 18.1 Å². The molecule has 29 heavy (non-hydrogen) atoms. The van der Waals surface area contributed by atoms with Crippen LogP contribution in [0.2, 0.25) is 5.02 Å². The molecule has 0 aliphatic rings. The molecule has 0 heterocycles. The fourth-order valence-corrected chi connectivity index (χ4v) is 2.87. The Bertz CT molecular complexity index is 777. The lowest BCUT2D eigenvalue weighted by molar-refractivity contribution is 0.288. The molecule has 2 aromatic carbocycles. The highest BCUT2D eigenvalue weighted by Gasteiger charge is 2.13. The van der Waals surface area contributed by atoms with Gasteiger partial charge in [-0.3, -0.25) is 0 Å². The second kappa shape index (κ2) is 13.4. The molecule has 2 rings (SSSR count). The average molecular weight is 534 g/mol. The lowest BCUT2D eigenvalue weighted by Gasteiger charge is -2.15. The van der Waals surface area contributed by atoms with Crippen molar-refractivity contribution in [3.05, 3.63) is 52.5 Å². The maximum atomic E-state index is 6.05. The van der Waals surface area contributed by atoms with Crippen LogP contribution in [0.5, 0.6) is 17.2 Å². The largest absolute Gasteiger partial charge is 0.493 e. The second-order valence-electron chi connectivity index (χ2n) is 5.94. The van der Waals surface area contributed by atoms with Gasteiger partial charge in [0.1, 0.15) is 0 Å².